The van der Waals surface area contributed by atoms with Crippen LogP contribution in [0, 0.1) is 0 Å². The molecule has 2 aliphatic heterocycles. The van der Waals surface area contributed by atoms with E-state index in [-0.39, 0.29) is 47.3 Å². The molecular weight excluding hydrogens is 542 g/mol. The minimum Gasteiger partial charge on any atom is -0.488 e. The van der Waals surface area contributed by atoms with Crippen molar-refractivity contribution in [3.05, 3.63) is 77.2 Å². The second-order valence-corrected chi connectivity index (χ2v) is 13.1. The number of hydrogen-bond acceptors (Lipinski definition) is 9. The van der Waals surface area contributed by atoms with Crippen molar-refractivity contribution >= 4 is 38.3 Å². The summed E-state index contributed by atoms with van der Waals surface area (Å²) in [7, 11) is -3.51. The molecule has 1 aliphatic carbocycles. The van der Waals surface area contributed by atoms with Gasteiger partial charge in [-0.15, -0.1) is 0 Å². The standard InChI is InChI=1S/C30H29N5O5S/c1-30(8-9-30)26-6-5-24-28(34-26)35(10-11-40-24)27-7-4-20-16-31-22(15-23(20)33-27)17-32-29(36)19-2-3-21-18-39-12-13-41(37,38)25(21)14-19/h2-7,14-16H,8-13,17-18H2,1H3,(H,32,36). The average molecular weight is 572 g/mol. The zero-order valence-corrected chi connectivity index (χ0v) is 23.4. The lowest BCUT2D eigenvalue weighted by Gasteiger charge is -2.30. The van der Waals surface area contributed by atoms with Crippen molar-refractivity contribution in [2.24, 2.45) is 0 Å². The lowest BCUT2D eigenvalue weighted by Crippen LogP contribution is -2.30. The van der Waals surface area contributed by atoms with Crippen LogP contribution in [-0.4, -0.2) is 54.8 Å². The van der Waals surface area contributed by atoms with Crippen LogP contribution in [0.1, 0.15) is 47.1 Å². The molecule has 1 N–H and O–H groups in total. The lowest BCUT2D eigenvalue weighted by molar-refractivity contribution is 0.0950. The molecule has 0 saturated heterocycles. The van der Waals surface area contributed by atoms with Gasteiger partial charge in [-0.1, -0.05) is 13.0 Å². The Bertz CT molecular complexity index is 1800. The van der Waals surface area contributed by atoms with E-state index in [4.69, 9.17) is 19.4 Å². The first-order valence-electron chi connectivity index (χ1n) is 13.7. The Morgan fingerprint density at radius 2 is 1.95 bits per heavy atom. The van der Waals surface area contributed by atoms with E-state index in [1.165, 1.54) is 6.07 Å². The number of nitrogens with one attached hydrogen (secondary N) is 1. The summed E-state index contributed by atoms with van der Waals surface area (Å²) in [5, 5.41) is 3.73. The predicted octanol–water partition coefficient (Wildman–Crippen LogP) is 3.84. The summed E-state index contributed by atoms with van der Waals surface area (Å²) in [5.74, 6) is 1.82. The van der Waals surface area contributed by atoms with Crippen LogP contribution < -0.4 is 15.0 Å². The van der Waals surface area contributed by atoms with Gasteiger partial charge in [0.1, 0.15) is 12.4 Å². The quantitative estimate of drug-likeness (QED) is 0.381. The summed E-state index contributed by atoms with van der Waals surface area (Å²) in [6, 6.07) is 14.6. The number of nitrogens with zero attached hydrogens (tertiary/aromatic N) is 4. The Balaban J connectivity index is 1.12. The number of aromatic nitrogens is 3. The highest BCUT2D eigenvalue weighted by atomic mass is 32.2. The third-order valence-electron chi connectivity index (χ3n) is 8.03. The number of carbonyl (C=O) groups is 1. The van der Waals surface area contributed by atoms with E-state index in [2.05, 4.69) is 28.2 Å². The lowest BCUT2D eigenvalue weighted by atomic mass is 10.0. The van der Waals surface area contributed by atoms with Gasteiger partial charge < -0.3 is 19.7 Å². The number of rotatable bonds is 5. The molecule has 0 atom stereocenters. The Morgan fingerprint density at radius 3 is 2.80 bits per heavy atom. The molecule has 0 spiro atoms. The van der Waals surface area contributed by atoms with E-state index in [1.807, 2.05) is 24.3 Å². The fourth-order valence-corrected chi connectivity index (χ4v) is 6.62. The van der Waals surface area contributed by atoms with Gasteiger partial charge >= 0.3 is 0 Å². The van der Waals surface area contributed by atoms with Crippen molar-refractivity contribution in [3.63, 3.8) is 0 Å². The maximum absolute atomic E-state index is 12.9. The van der Waals surface area contributed by atoms with Gasteiger partial charge in [0.15, 0.2) is 21.4 Å². The fourth-order valence-electron chi connectivity index (χ4n) is 5.23. The van der Waals surface area contributed by atoms with Crippen molar-refractivity contribution in [1.29, 1.82) is 0 Å². The number of hydrogen-bond donors (Lipinski definition) is 1. The van der Waals surface area contributed by atoms with Crippen molar-refractivity contribution in [3.8, 4) is 5.75 Å². The summed E-state index contributed by atoms with van der Waals surface area (Å²) in [4.78, 5) is 29.6. The second kappa shape index (κ2) is 9.78. The normalized spacial score (nSPS) is 18.5. The van der Waals surface area contributed by atoms with Crippen LogP contribution in [0.4, 0.5) is 11.6 Å². The van der Waals surface area contributed by atoms with Crippen LogP contribution in [0.25, 0.3) is 10.9 Å². The first kappa shape index (κ1) is 25.8. The molecule has 1 amide bonds. The van der Waals surface area contributed by atoms with Crippen molar-refractivity contribution < 1.29 is 22.7 Å². The third kappa shape index (κ3) is 4.89. The first-order chi connectivity index (χ1) is 19.8. The summed E-state index contributed by atoms with van der Waals surface area (Å²) in [6.45, 7) is 3.92. The SMILES string of the molecule is CC1(c2ccc3c(n2)N(c2ccc4cnc(CNC(=O)c5ccc6c(c5)S(=O)(=O)CCOC6)cc4n2)CCO3)CC1. The number of amides is 1. The molecule has 0 unspecified atom stereocenters. The summed E-state index contributed by atoms with van der Waals surface area (Å²) in [6.07, 6.45) is 4.02. The van der Waals surface area contributed by atoms with Gasteiger partial charge in [0.25, 0.3) is 5.91 Å². The fraction of sp³-hybridized carbons (Fsp3) is 0.333. The van der Waals surface area contributed by atoms with E-state index >= 15 is 0 Å². The number of pyridine rings is 3. The van der Waals surface area contributed by atoms with Crippen LogP contribution in [0.15, 0.2) is 59.6 Å². The molecular formula is C30H29N5O5S. The number of fused-ring (bicyclic) bond motifs is 3. The van der Waals surface area contributed by atoms with Gasteiger partial charge in [0.2, 0.25) is 0 Å². The smallest absolute Gasteiger partial charge is 0.251 e. The van der Waals surface area contributed by atoms with E-state index in [0.29, 0.717) is 24.4 Å². The van der Waals surface area contributed by atoms with E-state index in [0.717, 1.165) is 46.8 Å². The molecule has 210 valence electrons. The Morgan fingerprint density at radius 1 is 1.07 bits per heavy atom. The van der Waals surface area contributed by atoms with Gasteiger partial charge in [-0.2, -0.15) is 0 Å². The van der Waals surface area contributed by atoms with Crippen molar-refractivity contribution in [2.45, 2.75) is 43.2 Å². The zero-order chi connectivity index (χ0) is 28.2. The monoisotopic (exact) mass is 571 g/mol. The van der Waals surface area contributed by atoms with Crippen molar-refractivity contribution in [2.75, 3.05) is 30.4 Å². The Labute approximate surface area is 237 Å². The van der Waals surface area contributed by atoms with Crippen LogP contribution in [0.5, 0.6) is 5.75 Å². The third-order valence-corrected chi connectivity index (χ3v) is 9.78. The molecule has 11 heteroatoms. The highest BCUT2D eigenvalue weighted by Crippen LogP contribution is 2.48. The average Bonchev–Trinajstić information content (AvgIpc) is 3.77. The molecule has 41 heavy (non-hydrogen) atoms. The summed E-state index contributed by atoms with van der Waals surface area (Å²) in [5.41, 5.74) is 3.43. The molecule has 4 aromatic rings. The molecule has 3 aliphatic rings. The van der Waals surface area contributed by atoms with Crippen molar-refractivity contribution in [1.82, 2.24) is 20.3 Å². The zero-order valence-electron chi connectivity index (χ0n) is 22.6. The number of carbonyl (C=O) groups excluding carboxylic acids is 1. The molecule has 1 aromatic carbocycles. The Kier molecular flexibility index (Phi) is 6.16. The van der Waals surface area contributed by atoms with Crippen LogP contribution in [-0.2, 0) is 33.1 Å². The summed E-state index contributed by atoms with van der Waals surface area (Å²) >= 11 is 0. The minimum atomic E-state index is -3.51. The van der Waals surface area contributed by atoms with Gasteiger partial charge in [-0.3, -0.25) is 9.78 Å². The largest absolute Gasteiger partial charge is 0.488 e. The molecule has 5 heterocycles. The molecule has 1 saturated carbocycles. The minimum absolute atomic E-state index is 0.103. The number of benzene rings is 1. The molecule has 3 aromatic heterocycles. The maximum atomic E-state index is 12.9. The topological polar surface area (TPSA) is 124 Å². The van der Waals surface area contributed by atoms with Crippen LogP contribution in [0.2, 0.25) is 0 Å². The number of ether oxygens (including phenoxy) is 2. The molecule has 0 radical (unpaired) electrons. The van der Waals surface area contributed by atoms with E-state index in [9.17, 15) is 13.2 Å². The van der Waals surface area contributed by atoms with Gasteiger partial charge in [-0.05, 0) is 60.9 Å². The molecule has 1 fully saturated rings. The Hall–Kier alpha value is -4.09. The van der Waals surface area contributed by atoms with E-state index < -0.39 is 9.84 Å². The number of anilines is 2. The number of sulfone groups is 1. The van der Waals surface area contributed by atoms with Gasteiger partial charge in [0, 0.05) is 28.3 Å². The summed E-state index contributed by atoms with van der Waals surface area (Å²) < 4.78 is 36.5. The van der Waals surface area contributed by atoms with Gasteiger partial charge in [0.05, 0.1) is 48.2 Å². The van der Waals surface area contributed by atoms with E-state index in [1.54, 1.807) is 18.3 Å². The van der Waals surface area contributed by atoms with Crippen LogP contribution >= 0.6 is 0 Å². The molecule has 10 nitrogen and oxygen atoms in total. The predicted molar refractivity (Wildman–Crippen MR) is 152 cm³/mol. The maximum Gasteiger partial charge on any atom is 0.251 e. The van der Waals surface area contributed by atoms with Crippen LogP contribution in [0.3, 0.4) is 0 Å². The first-order valence-corrected chi connectivity index (χ1v) is 15.3. The second-order valence-electron chi connectivity index (χ2n) is 11.0. The molecule has 7 rings (SSSR count). The highest BCUT2D eigenvalue weighted by Gasteiger charge is 2.41. The van der Waals surface area contributed by atoms with Gasteiger partial charge in [-0.25, -0.2) is 18.4 Å². The highest BCUT2D eigenvalue weighted by molar-refractivity contribution is 7.91. The molecule has 0 bridgehead atoms.